The average molecular weight is 521 g/mol. The van der Waals surface area contributed by atoms with Gasteiger partial charge < -0.3 is 29.5 Å². The molecule has 7 heteroatoms. The third-order valence-electron chi connectivity index (χ3n) is 12.8. The highest BCUT2D eigenvalue weighted by Gasteiger charge is 2.77. The van der Waals surface area contributed by atoms with E-state index in [2.05, 4.69) is 34.6 Å². The molecule has 14 atom stereocenters. The molecule has 0 aromatic rings. The fourth-order valence-corrected chi connectivity index (χ4v) is 11.0. The van der Waals surface area contributed by atoms with Crippen LogP contribution in [0.1, 0.15) is 93.4 Å². The van der Waals surface area contributed by atoms with Gasteiger partial charge in [-0.3, -0.25) is 4.79 Å². The quantitative estimate of drug-likeness (QED) is 0.452. The van der Waals surface area contributed by atoms with Crippen LogP contribution in [0.4, 0.5) is 0 Å². The molecular weight excluding hydrogens is 472 g/mol. The number of carbonyl (C=O) groups is 1. The minimum Gasteiger partial charge on any atom is -0.460 e. The molecule has 210 valence electrons. The van der Waals surface area contributed by atoms with Gasteiger partial charge in [0.2, 0.25) is 0 Å². The number of aliphatic hydroxyl groups is 3. The summed E-state index contributed by atoms with van der Waals surface area (Å²) in [4.78, 5) is 11.8. The molecule has 2 aliphatic heterocycles. The van der Waals surface area contributed by atoms with E-state index in [1.165, 1.54) is 6.92 Å². The molecular formula is C30H48O7. The van der Waals surface area contributed by atoms with E-state index in [1.54, 1.807) is 0 Å². The number of hydrogen-bond acceptors (Lipinski definition) is 7. The first kappa shape index (κ1) is 26.5. The number of esters is 1. The Kier molecular flexibility index (Phi) is 5.68. The van der Waals surface area contributed by atoms with E-state index in [-0.39, 0.29) is 46.3 Å². The van der Waals surface area contributed by atoms with Crippen molar-refractivity contribution in [1.82, 2.24) is 0 Å². The molecule has 4 aliphatic carbocycles. The van der Waals surface area contributed by atoms with Crippen LogP contribution in [-0.2, 0) is 19.0 Å². The monoisotopic (exact) mass is 520 g/mol. The maximum absolute atomic E-state index is 12.2. The van der Waals surface area contributed by atoms with Crippen molar-refractivity contribution in [2.24, 2.45) is 46.3 Å². The molecule has 1 spiro atoms. The molecule has 37 heavy (non-hydrogen) atoms. The Balaban J connectivity index is 1.31. The lowest BCUT2D eigenvalue weighted by molar-refractivity contribution is -0.300. The minimum absolute atomic E-state index is 0.0781. The summed E-state index contributed by atoms with van der Waals surface area (Å²) in [6.07, 6.45) is 3.63. The summed E-state index contributed by atoms with van der Waals surface area (Å²) in [5.41, 5.74) is -1.98. The summed E-state index contributed by atoms with van der Waals surface area (Å²) in [6.45, 7) is 14.2. The lowest BCUT2D eigenvalue weighted by Crippen LogP contribution is -2.63. The number of rotatable bonds is 1. The van der Waals surface area contributed by atoms with Crippen LogP contribution in [0.2, 0.25) is 0 Å². The number of fused-ring (bicyclic) bond motifs is 7. The van der Waals surface area contributed by atoms with Crippen LogP contribution in [0.5, 0.6) is 0 Å². The third-order valence-corrected chi connectivity index (χ3v) is 12.8. The van der Waals surface area contributed by atoms with Crippen LogP contribution in [0.15, 0.2) is 0 Å². The molecule has 4 saturated carbocycles. The molecule has 6 aliphatic rings. The van der Waals surface area contributed by atoms with Crippen molar-refractivity contribution in [2.45, 2.75) is 135 Å². The second kappa shape index (κ2) is 7.93. The first-order valence-electron chi connectivity index (χ1n) is 14.7. The Hall–Kier alpha value is -0.730. The van der Waals surface area contributed by atoms with E-state index in [9.17, 15) is 20.1 Å². The van der Waals surface area contributed by atoms with Gasteiger partial charge in [-0.15, -0.1) is 0 Å². The van der Waals surface area contributed by atoms with Gasteiger partial charge in [0, 0.05) is 19.3 Å². The fourth-order valence-electron chi connectivity index (χ4n) is 11.0. The van der Waals surface area contributed by atoms with Gasteiger partial charge in [-0.05, 0) is 99.7 Å². The summed E-state index contributed by atoms with van der Waals surface area (Å²) in [5, 5.41) is 34.9. The molecule has 0 aromatic carbocycles. The van der Waals surface area contributed by atoms with Gasteiger partial charge in [0.1, 0.15) is 11.7 Å². The second-order valence-electron chi connectivity index (χ2n) is 15.1. The first-order chi connectivity index (χ1) is 17.1. The summed E-state index contributed by atoms with van der Waals surface area (Å²) in [5.74, 6) is -0.172. The van der Waals surface area contributed by atoms with Gasteiger partial charge in [0.15, 0.2) is 5.79 Å². The van der Waals surface area contributed by atoms with Crippen molar-refractivity contribution in [3.63, 3.8) is 0 Å². The van der Waals surface area contributed by atoms with Crippen LogP contribution in [0.25, 0.3) is 0 Å². The van der Waals surface area contributed by atoms with Gasteiger partial charge in [-0.1, -0.05) is 20.8 Å². The lowest BCUT2D eigenvalue weighted by atomic mass is 9.43. The SMILES string of the molecule is CC(=O)O[C@@H]1C[C@@]2(C)[C@@H](CC[C@@H]3[C@H]2[C@@H](O)C[C@@]2(C)[C@@H]3C[C@@H]3O[C@@]4(C[C@H](C)C(C)(C)O4)[C@](C)(O)[C@@H]32)C[C@@H]1O. The highest BCUT2D eigenvalue weighted by atomic mass is 16.7. The van der Waals surface area contributed by atoms with Crippen LogP contribution in [0.3, 0.4) is 0 Å². The van der Waals surface area contributed by atoms with Crippen molar-refractivity contribution < 1.29 is 34.3 Å². The smallest absolute Gasteiger partial charge is 0.302 e. The molecule has 6 rings (SSSR count). The van der Waals surface area contributed by atoms with E-state index < -0.39 is 29.7 Å². The predicted molar refractivity (Wildman–Crippen MR) is 136 cm³/mol. The number of aliphatic hydroxyl groups excluding tert-OH is 2. The second-order valence-corrected chi connectivity index (χ2v) is 15.1. The Morgan fingerprint density at radius 2 is 1.65 bits per heavy atom. The van der Waals surface area contributed by atoms with E-state index in [0.29, 0.717) is 43.4 Å². The van der Waals surface area contributed by atoms with Gasteiger partial charge in [0.25, 0.3) is 0 Å². The molecule has 7 nitrogen and oxygen atoms in total. The summed E-state index contributed by atoms with van der Waals surface area (Å²) < 4.78 is 18.9. The molecule has 6 fully saturated rings. The van der Waals surface area contributed by atoms with Gasteiger partial charge >= 0.3 is 5.97 Å². The molecule has 0 bridgehead atoms. The molecule has 0 amide bonds. The van der Waals surface area contributed by atoms with E-state index in [0.717, 1.165) is 19.3 Å². The molecule has 2 heterocycles. The van der Waals surface area contributed by atoms with Crippen LogP contribution in [0, 0.1) is 46.3 Å². The highest BCUT2D eigenvalue weighted by Crippen LogP contribution is 2.72. The molecule has 0 unspecified atom stereocenters. The summed E-state index contributed by atoms with van der Waals surface area (Å²) in [7, 11) is 0. The fraction of sp³-hybridized carbons (Fsp3) is 0.967. The van der Waals surface area contributed by atoms with Gasteiger partial charge in [-0.25, -0.2) is 0 Å². The van der Waals surface area contributed by atoms with Crippen LogP contribution in [-0.4, -0.2) is 62.7 Å². The first-order valence-corrected chi connectivity index (χ1v) is 14.7. The van der Waals surface area contributed by atoms with Gasteiger partial charge in [0.05, 0.1) is 23.9 Å². The van der Waals surface area contributed by atoms with Crippen molar-refractivity contribution >= 4 is 5.97 Å². The van der Waals surface area contributed by atoms with Crippen molar-refractivity contribution in [3.8, 4) is 0 Å². The molecule has 3 N–H and O–H groups in total. The zero-order chi connectivity index (χ0) is 26.9. The predicted octanol–water partition coefficient (Wildman–Crippen LogP) is 3.81. The van der Waals surface area contributed by atoms with Crippen LogP contribution >= 0.6 is 0 Å². The summed E-state index contributed by atoms with van der Waals surface area (Å²) in [6, 6.07) is 0. The summed E-state index contributed by atoms with van der Waals surface area (Å²) >= 11 is 0. The van der Waals surface area contributed by atoms with E-state index in [4.69, 9.17) is 14.2 Å². The minimum atomic E-state index is -1.15. The third kappa shape index (κ3) is 3.39. The molecule has 0 radical (unpaired) electrons. The Bertz CT molecular complexity index is 964. The topological polar surface area (TPSA) is 105 Å². The lowest BCUT2D eigenvalue weighted by Gasteiger charge is -2.63. The number of hydrogen-bond donors (Lipinski definition) is 3. The van der Waals surface area contributed by atoms with E-state index >= 15 is 0 Å². The number of ether oxygens (including phenoxy) is 3. The average Bonchev–Trinajstić information content (AvgIpc) is 3.26. The van der Waals surface area contributed by atoms with E-state index in [1.807, 2.05) is 6.92 Å². The normalized spacial score (nSPS) is 59.9. The van der Waals surface area contributed by atoms with Crippen molar-refractivity contribution in [3.05, 3.63) is 0 Å². The highest BCUT2D eigenvalue weighted by molar-refractivity contribution is 5.66. The zero-order valence-electron chi connectivity index (χ0n) is 23.7. The molecule has 2 saturated heterocycles. The maximum atomic E-state index is 12.2. The maximum Gasteiger partial charge on any atom is 0.302 e. The van der Waals surface area contributed by atoms with Gasteiger partial charge in [-0.2, -0.15) is 0 Å². The Morgan fingerprint density at radius 3 is 2.27 bits per heavy atom. The zero-order valence-corrected chi connectivity index (χ0v) is 23.7. The van der Waals surface area contributed by atoms with Crippen LogP contribution < -0.4 is 0 Å². The Morgan fingerprint density at radius 1 is 0.946 bits per heavy atom. The number of carbonyl (C=O) groups excluding carboxylic acids is 1. The van der Waals surface area contributed by atoms with Crippen molar-refractivity contribution in [1.29, 1.82) is 0 Å². The Labute approximate surface area is 221 Å². The van der Waals surface area contributed by atoms with Crippen molar-refractivity contribution in [2.75, 3.05) is 0 Å². The molecule has 0 aromatic heterocycles. The largest absolute Gasteiger partial charge is 0.460 e. The standard InChI is InChI=1S/C30H48O7/c1-15-12-30(37-26(15,3)4)29(7,34)25-22(36-30)11-19-18-9-8-17-10-20(32)23(35-16(2)31)14-27(17,5)24(18)21(33)13-28(19,25)6/h15,17-25,32-34H,8-14H2,1-7H3/t15-,17-,18-,19+,20-,21-,22-,23+,24-,25-,27-,28-,29+,30+/m0/s1.